The molecule has 3 atom stereocenters. The summed E-state index contributed by atoms with van der Waals surface area (Å²) in [4.78, 5) is 19.2. The SMILES string of the molecule is CC(NCCCO)c1ccc(CCC2CC(=O)C(c3cccc(Cl)c3)=NC3(CCC(C(C)(C)C)CC3)C2C)cc1. The van der Waals surface area contributed by atoms with Gasteiger partial charge in [-0.2, -0.15) is 0 Å². The van der Waals surface area contributed by atoms with Gasteiger partial charge in [0, 0.05) is 29.7 Å². The Morgan fingerprint density at radius 3 is 2.45 bits per heavy atom. The maximum atomic E-state index is 13.8. The molecule has 0 aromatic heterocycles. The minimum absolute atomic E-state index is 0.159. The molecule has 0 saturated heterocycles. The molecular formula is C35H49ClN2O2. The van der Waals surface area contributed by atoms with Gasteiger partial charge in [0.1, 0.15) is 5.71 Å². The van der Waals surface area contributed by atoms with Crippen LogP contribution in [0.15, 0.2) is 53.5 Å². The van der Waals surface area contributed by atoms with Gasteiger partial charge in [-0.1, -0.05) is 75.7 Å². The Balaban J connectivity index is 1.53. The average molecular weight is 565 g/mol. The zero-order valence-corrected chi connectivity index (χ0v) is 25.9. The van der Waals surface area contributed by atoms with Gasteiger partial charge < -0.3 is 10.4 Å². The van der Waals surface area contributed by atoms with Gasteiger partial charge in [0.2, 0.25) is 0 Å². The molecule has 1 spiro atoms. The molecular weight excluding hydrogens is 516 g/mol. The Morgan fingerprint density at radius 1 is 1.12 bits per heavy atom. The van der Waals surface area contributed by atoms with E-state index in [9.17, 15) is 4.79 Å². The number of carbonyl (C=O) groups excluding carboxylic acids is 1. The number of aliphatic hydroxyl groups is 1. The first-order valence-electron chi connectivity index (χ1n) is 15.3. The summed E-state index contributed by atoms with van der Waals surface area (Å²) >= 11 is 6.36. The number of aliphatic imine (C=N–C) groups is 1. The van der Waals surface area contributed by atoms with Gasteiger partial charge in [0.25, 0.3) is 0 Å². The van der Waals surface area contributed by atoms with Crippen LogP contribution in [0, 0.1) is 23.2 Å². The molecule has 1 aliphatic carbocycles. The van der Waals surface area contributed by atoms with Gasteiger partial charge >= 0.3 is 0 Å². The van der Waals surface area contributed by atoms with E-state index in [1.807, 2.05) is 24.3 Å². The van der Waals surface area contributed by atoms with Crippen LogP contribution in [-0.2, 0) is 11.2 Å². The van der Waals surface area contributed by atoms with Crippen molar-refractivity contribution in [3.05, 3.63) is 70.2 Å². The molecule has 2 aromatic rings. The highest BCUT2D eigenvalue weighted by atomic mass is 35.5. The summed E-state index contributed by atoms with van der Waals surface area (Å²) in [5.74, 6) is 1.47. The van der Waals surface area contributed by atoms with Crippen LogP contribution in [0.5, 0.6) is 0 Å². The van der Waals surface area contributed by atoms with Crippen LogP contribution in [0.2, 0.25) is 5.02 Å². The predicted octanol–water partition coefficient (Wildman–Crippen LogP) is 8.00. The van der Waals surface area contributed by atoms with Crippen LogP contribution >= 0.6 is 11.6 Å². The number of nitrogens with one attached hydrogen (secondary N) is 1. The van der Waals surface area contributed by atoms with Crippen molar-refractivity contribution in [2.75, 3.05) is 13.2 Å². The quantitative estimate of drug-likeness (QED) is 0.303. The van der Waals surface area contributed by atoms with Gasteiger partial charge in [-0.25, -0.2) is 0 Å². The second kappa shape index (κ2) is 13.3. The predicted molar refractivity (Wildman–Crippen MR) is 167 cm³/mol. The summed E-state index contributed by atoms with van der Waals surface area (Å²) in [6, 6.07) is 16.8. The first kappa shape index (κ1) is 30.9. The summed E-state index contributed by atoms with van der Waals surface area (Å²) in [6.45, 7) is 12.6. The monoisotopic (exact) mass is 564 g/mol. The second-order valence-electron chi connectivity index (χ2n) is 13.4. The molecule has 1 saturated carbocycles. The fraction of sp³-hybridized carbons (Fsp3) is 0.600. The zero-order valence-electron chi connectivity index (χ0n) is 25.2. The Morgan fingerprint density at radius 2 is 1.82 bits per heavy atom. The van der Waals surface area contributed by atoms with Crippen LogP contribution in [0.3, 0.4) is 0 Å². The van der Waals surface area contributed by atoms with E-state index >= 15 is 0 Å². The van der Waals surface area contributed by atoms with E-state index in [2.05, 4.69) is 64.2 Å². The number of Topliss-reactive ketones (excluding diaryl/α,β-unsaturated/α-hetero) is 1. The van der Waals surface area contributed by atoms with Gasteiger partial charge in [-0.05, 0) is 105 Å². The molecule has 0 amide bonds. The Hall–Kier alpha value is -2.01. The minimum atomic E-state index is -0.199. The van der Waals surface area contributed by atoms with E-state index in [4.69, 9.17) is 21.7 Å². The molecule has 2 N–H and O–H groups in total. The Kier molecular flexibility index (Phi) is 10.3. The third kappa shape index (κ3) is 7.43. The van der Waals surface area contributed by atoms with E-state index in [-0.39, 0.29) is 29.9 Å². The average Bonchev–Trinajstić information content (AvgIpc) is 3.02. The lowest BCUT2D eigenvalue weighted by atomic mass is 9.62. The molecule has 1 heterocycles. The highest BCUT2D eigenvalue weighted by molar-refractivity contribution is 6.46. The van der Waals surface area contributed by atoms with Crippen molar-refractivity contribution >= 4 is 23.1 Å². The van der Waals surface area contributed by atoms with Gasteiger partial charge in [-0.3, -0.25) is 9.79 Å². The molecule has 5 heteroatoms. The first-order chi connectivity index (χ1) is 19.0. The molecule has 1 fully saturated rings. The fourth-order valence-corrected chi connectivity index (χ4v) is 7.13. The Bertz CT molecular complexity index is 1160. The molecule has 1 aliphatic heterocycles. The summed E-state index contributed by atoms with van der Waals surface area (Å²) in [5.41, 5.74) is 4.17. The van der Waals surface area contributed by atoms with E-state index in [1.165, 1.54) is 11.1 Å². The van der Waals surface area contributed by atoms with Crippen molar-refractivity contribution in [2.45, 2.75) is 97.6 Å². The van der Waals surface area contributed by atoms with E-state index in [0.29, 0.717) is 34.4 Å². The smallest absolute Gasteiger partial charge is 0.181 e. The summed E-state index contributed by atoms with van der Waals surface area (Å²) in [5, 5.41) is 13.2. The highest BCUT2D eigenvalue weighted by Gasteiger charge is 2.47. The summed E-state index contributed by atoms with van der Waals surface area (Å²) in [6.07, 6.45) is 7.66. The normalized spacial score (nSPS) is 26.4. The Labute approximate surface area is 247 Å². The molecule has 2 aromatic carbocycles. The number of halogens is 1. The van der Waals surface area contributed by atoms with Crippen molar-refractivity contribution in [1.29, 1.82) is 0 Å². The van der Waals surface area contributed by atoms with Crippen LogP contribution in [0.4, 0.5) is 0 Å². The van der Waals surface area contributed by atoms with Crippen molar-refractivity contribution < 1.29 is 9.90 Å². The lowest BCUT2D eigenvalue weighted by Crippen LogP contribution is -2.43. The van der Waals surface area contributed by atoms with Gasteiger partial charge in [-0.15, -0.1) is 0 Å². The van der Waals surface area contributed by atoms with Crippen molar-refractivity contribution in [3.8, 4) is 0 Å². The van der Waals surface area contributed by atoms with Crippen LogP contribution in [0.25, 0.3) is 0 Å². The second-order valence-corrected chi connectivity index (χ2v) is 13.9. The van der Waals surface area contributed by atoms with E-state index in [0.717, 1.165) is 57.1 Å². The van der Waals surface area contributed by atoms with Gasteiger partial charge in [0.15, 0.2) is 5.78 Å². The lowest BCUT2D eigenvalue weighted by molar-refractivity contribution is -0.114. The summed E-state index contributed by atoms with van der Waals surface area (Å²) in [7, 11) is 0. The largest absolute Gasteiger partial charge is 0.396 e. The number of rotatable bonds is 9. The number of aryl methyl sites for hydroxylation is 1. The standard InChI is InChI=1S/C35H49ClN2O2/c1-24-28(15-12-26-10-13-27(14-11-26)25(2)37-20-7-21-39)23-32(40)33(29-8-6-9-31(36)22-29)38-35(24)18-16-30(17-19-35)34(3,4)5/h6,8-11,13-14,22,24-25,28,30,37,39H,7,12,15-21,23H2,1-5H3. The molecule has 4 nitrogen and oxygen atoms in total. The van der Waals surface area contributed by atoms with E-state index in [1.54, 1.807) is 0 Å². The zero-order chi connectivity index (χ0) is 28.9. The molecule has 0 radical (unpaired) electrons. The summed E-state index contributed by atoms with van der Waals surface area (Å²) < 4.78 is 0. The van der Waals surface area contributed by atoms with Crippen molar-refractivity contribution in [3.63, 3.8) is 0 Å². The number of hydrogen-bond acceptors (Lipinski definition) is 4. The molecule has 2 aliphatic rings. The van der Waals surface area contributed by atoms with Crippen LogP contribution in [-0.4, -0.2) is 35.3 Å². The third-order valence-corrected chi connectivity index (χ3v) is 10.1. The molecule has 40 heavy (non-hydrogen) atoms. The van der Waals surface area contributed by atoms with E-state index < -0.39 is 0 Å². The third-order valence-electron chi connectivity index (χ3n) is 9.84. The first-order valence-corrected chi connectivity index (χ1v) is 15.7. The topological polar surface area (TPSA) is 61.7 Å². The lowest BCUT2D eigenvalue weighted by Gasteiger charge is -2.46. The number of aliphatic hydroxyl groups excluding tert-OH is 1. The van der Waals surface area contributed by atoms with Gasteiger partial charge in [0.05, 0.1) is 5.54 Å². The molecule has 4 rings (SSSR count). The number of ketones is 1. The number of carbonyl (C=O) groups is 1. The maximum absolute atomic E-state index is 13.8. The van der Waals surface area contributed by atoms with Crippen LogP contribution in [0.1, 0.15) is 102 Å². The number of nitrogens with zero attached hydrogens (tertiary/aromatic N) is 1. The van der Waals surface area contributed by atoms with Crippen molar-refractivity contribution in [2.24, 2.45) is 28.2 Å². The number of benzene rings is 2. The van der Waals surface area contributed by atoms with Crippen molar-refractivity contribution in [1.82, 2.24) is 5.32 Å². The highest BCUT2D eigenvalue weighted by Crippen LogP contribution is 2.50. The molecule has 3 unspecified atom stereocenters. The molecule has 218 valence electrons. The molecule has 0 bridgehead atoms. The van der Waals surface area contributed by atoms with Crippen LogP contribution < -0.4 is 5.32 Å². The number of hydrogen-bond donors (Lipinski definition) is 2. The maximum Gasteiger partial charge on any atom is 0.181 e. The fourth-order valence-electron chi connectivity index (χ4n) is 6.94. The minimum Gasteiger partial charge on any atom is -0.396 e.